The number of nitrogens with one attached hydrogen (secondary N) is 1. The molecule has 0 unspecified atom stereocenters. The zero-order chi connectivity index (χ0) is 24.3. The van der Waals surface area contributed by atoms with E-state index >= 15 is 0 Å². The Balaban J connectivity index is 1.18. The first-order valence-electron chi connectivity index (χ1n) is 12.2. The van der Waals surface area contributed by atoms with E-state index in [1.807, 2.05) is 11.8 Å². The second kappa shape index (κ2) is 8.48. The van der Waals surface area contributed by atoms with Gasteiger partial charge in [0.2, 0.25) is 15.9 Å². The maximum absolute atomic E-state index is 13.2. The molecule has 1 heterocycles. The molecule has 0 aromatic heterocycles. The summed E-state index contributed by atoms with van der Waals surface area (Å²) in [6, 6.07) is 3.24. The summed E-state index contributed by atoms with van der Waals surface area (Å²) < 4.78 is 65.5. The third-order valence-corrected chi connectivity index (χ3v) is 10.4. The predicted octanol–water partition coefficient (Wildman–Crippen LogP) is 3.49. The molecule has 10 heteroatoms. The number of piperazine rings is 1. The molecule has 5 aliphatic rings. The lowest BCUT2D eigenvalue weighted by Gasteiger charge is -2.57. The van der Waals surface area contributed by atoms with Gasteiger partial charge in [0, 0.05) is 31.7 Å². The number of benzene rings is 1. The summed E-state index contributed by atoms with van der Waals surface area (Å²) in [5.74, 6) is 2.23. The Morgan fingerprint density at radius 3 is 1.94 bits per heavy atom. The molecule has 4 bridgehead atoms. The highest BCUT2D eigenvalue weighted by molar-refractivity contribution is 7.89. The highest BCUT2D eigenvalue weighted by Crippen LogP contribution is 2.55. The van der Waals surface area contributed by atoms with E-state index in [-0.39, 0.29) is 35.5 Å². The molecule has 0 radical (unpaired) electrons. The van der Waals surface area contributed by atoms with E-state index in [4.69, 9.17) is 0 Å². The molecule has 1 aromatic carbocycles. The Labute approximate surface area is 198 Å². The SMILES string of the molecule is C[C@H](C(=O)NC12CC3CC(CC(C3)C1)C2)N1CCN(S(=O)(=O)c2ccc(C(F)(F)F)cc2)CC1. The van der Waals surface area contributed by atoms with Gasteiger partial charge in [0.05, 0.1) is 16.5 Å². The molecule has 1 aromatic rings. The largest absolute Gasteiger partial charge is 0.416 e. The molecule has 1 amide bonds. The third-order valence-electron chi connectivity index (χ3n) is 8.45. The number of hydrogen-bond donors (Lipinski definition) is 1. The summed E-state index contributed by atoms with van der Waals surface area (Å²) in [5.41, 5.74) is -0.941. The lowest BCUT2D eigenvalue weighted by molar-refractivity contribution is -0.137. The molecule has 1 aliphatic heterocycles. The number of carbonyl (C=O) groups is 1. The van der Waals surface area contributed by atoms with E-state index < -0.39 is 21.8 Å². The van der Waals surface area contributed by atoms with E-state index in [1.165, 1.54) is 23.6 Å². The van der Waals surface area contributed by atoms with Gasteiger partial charge in [0.25, 0.3) is 0 Å². The molecule has 0 spiro atoms. The lowest BCUT2D eigenvalue weighted by atomic mass is 9.53. The Hall–Kier alpha value is -1.65. The summed E-state index contributed by atoms with van der Waals surface area (Å²) in [6.07, 6.45) is 2.64. The van der Waals surface area contributed by atoms with Crippen LogP contribution in [0.1, 0.15) is 51.0 Å². The van der Waals surface area contributed by atoms with Crippen LogP contribution in [0.25, 0.3) is 0 Å². The van der Waals surface area contributed by atoms with Crippen LogP contribution in [-0.4, -0.2) is 61.3 Å². The first-order chi connectivity index (χ1) is 16.0. The van der Waals surface area contributed by atoms with Crippen molar-refractivity contribution in [1.29, 1.82) is 0 Å². The molecule has 5 fully saturated rings. The first-order valence-corrected chi connectivity index (χ1v) is 13.6. The van der Waals surface area contributed by atoms with E-state index in [2.05, 4.69) is 5.32 Å². The van der Waals surface area contributed by atoms with Gasteiger partial charge in [-0.05, 0) is 87.5 Å². The molecule has 4 saturated carbocycles. The van der Waals surface area contributed by atoms with Gasteiger partial charge in [-0.1, -0.05) is 0 Å². The van der Waals surface area contributed by atoms with Gasteiger partial charge in [-0.25, -0.2) is 8.42 Å². The number of halogens is 3. The number of rotatable bonds is 5. The molecule has 1 N–H and O–H groups in total. The van der Waals surface area contributed by atoms with Crippen LogP contribution in [0.5, 0.6) is 0 Å². The minimum absolute atomic E-state index is 0.0148. The van der Waals surface area contributed by atoms with Crippen molar-refractivity contribution in [3.63, 3.8) is 0 Å². The molecule has 6 nitrogen and oxygen atoms in total. The van der Waals surface area contributed by atoms with Crippen LogP contribution in [-0.2, 0) is 21.0 Å². The fourth-order valence-electron chi connectivity index (χ4n) is 7.09. The average Bonchev–Trinajstić information content (AvgIpc) is 2.77. The molecular weight excluding hydrogens is 467 g/mol. The molecular formula is C24H32F3N3O3S. The number of carbonyl (C=O) groups excluding carboxylic acids is 1. The summed E-state index contributed by atoms with van der Waals surface area (Å²) in [6.45, 7) is 3.05. The monoisotopic (exact) mass is 499 g/mol. The number of alkyl halides is 3. The average molecular weight is 500 g/mol. The van der Waals surface area contributed by atoms with Crippen molar-refractivity contribution in [3.8, 4) is 0 Å². The maximum Gasteiger partial charge on any atom is 0.416 e. The number of hydrogen-bond acceptors (Lipinski definition) is 4. The Bertz CT molecular complexity index is 998. The second-order valence-electron chi connectivity index (χ2n) is 10.8. The number of amides is 1. The normalized spacial score (nSPS) is 33.1. The van der Waals surface area contributed by atoms with Crippen molar-refractivity contribution in [3.05, 3.63) is 29.8 Å². The predicted molar refractivity (Wildman–Crippen MR) is 120 cm³/mol. The summed E-state index contributed by atoms with van der Waals surface area (Å²) in [4.78, 5) is 15.0. The molecule has 34 heavy (non-hydrogen) atoms. The zero-order valence-corrected chi connectivity index (χ0v) is 20.2. The molecule has 1 atom stereocenters. The number of nitrogens with zero attached hydrogens (tertiary/aromatic N) is 2. The van der Waals surface area contributed by atoms with Crippen LogP contribution in [0, 0.1) is 17.8 Å². The van der Waals surface area contributed by atoms with Crippen molar-refractivity contribution in [1.82, 2.24) is 14.5 Å². The van der Waals surface area contributed by atoms with Crippen LogP contribution >= 0.6 is 0 Å². The summed E-state index contributed by atoms with van der Waals surface area (Å²) in [7, 11) is -3.89. The van der Waals surface area contributed by atoms with E-state index in [0.29, 0.717) is 13.1 Å². The second-order valence-corrected chi connectivity index (χ2v) is 12.8. The van der Waals surface area contributed by atoms with Gasteiger partial charge in [-0.2, -0.15) is 17.5 Å². The summed E-state index contributed by atoms with van der Waals surface area (Å²) >= 11 is 0. The Morgan fingerprint density at radius 1 is 0.971 bits per heavy atom. The van der Waals surface area contributed by atoms with E-state index in [0.717, 1.165) is 61.3 Å². The van der Waals surface area contributed by atoms with Crippen molar-refractivity contribution in [2.24, 2.45) is 17.8 Å². The van der Waals surface area contributed by atoms with Crippen LogP contribution in [0.3, 0.4) is 0 Å². The van der Waals surface area contributed by atoms with Crippen LogP contribution in [0.15, 0.2) is 29.2 Å². The van der Waals surface area contributed by atoms with Gasteiger partial charge >= 0.3 is 6.18 Å². The molecule has 4 aliphatic carbocycles. The maximum atomic E-state index is 13.2. The van der Waals surface area contributed by atoms with E-state index in [1.54, 1.807) is 0 Å². The third kappa shape index (κ3) is 4.48. The van der Waals surface area contributed by atoms with Gasteiger partial charge in [0.1, 0.15) is 0 Å². The minimum Gasteiger partial charge on any atom is -0.349 e. The highest BCUT2D eigenvalue weighted by atomic mass is 32.2. The van der Waals surface area contributed by atoms with Gasteiger partial charge in [-0.3, -0.25) is 9.69 Å². The fourth-order valence-corrected chi connectivity index (χ4v) is 8.51. The highest BCUT2D eigenvalue weighted by Gasteiger charge is 2.52. The van der Waals surface area contributed by atoms with Crippen molar-refractivity contribution < 1.29 is 26.4 Å². The van der Waals surface area contributed by atoms with Gasteiger partial charge in [0.15, 0.2) is 0 Å². The van der Waals surface area contributed by atoms with Crippen molar-refractivity contribution in [2.75, 3.05) is 26.2 Å². The smallest absolute Gasteiger partial charge is 0.349 e. The van der Waals surface area contributed by atoms with Crippen LogP contribution < -0.4 is 5.32 Å². The Morgan fingerprint density at radius 2 is 1.47 bits per heavy atom. The molecule has 6 rings (SSSR count). The molecule has 1 saturated heterocycles. The standard InChI is InChI=1S/C24H32F3N3O3S/c1-16(22(31)28-23-13-17-10-18(14-23)12-19(11-17)15-23)29-6-8-30(9-7-29)34(32,33)21-4-2-20(3-5-21)24(25,26)27/h2-5,16-19H,6-15H2,1H3,(H,28,31)/t16-,17?,18?,19?,23?/m1/s1. The first kappa shape index (κ1) is 24.1. The zero-order valence-electron chi connectivity index (χ0n) is 19.4. The van der Waals surface area contributed by atoms with Gasteiger partial charge < -0.3 is 5.32 Å². The van der Waals surface area contributed by atoms with Gasteiger partial charge in [-0.15, -0.1) is 0 Å². The van der Waals surface area contributed by atoms with Crippen LogP contribution in [0.4, 0.5) is 13.2 Å². The topological polar surface area (TPSA) is 69.7 Å². The van der Waals surface area contributed by atoms with E-state index in [9.17, 15) is 26.4 Å². The van der Waals surface area contributed by atoms with Crippen molar-refractivity contribution >= 4 is 15.9 Å². The number of sulfonamides is 1. The Kier molecular flexibility index (Phi) is 6.00. The van der Waals surface area contributed by atoms with Crippen LogP contribution in [0.2, 0.25) is 0 Å². The minimum atomic E-state index is -4.51. The van der Waals surface area contributed by atoms with Crippen molar-refractivity contribution in [2.45, 2.75) is 68.1 Å². The lowest BCUT2D eigenvalue weighted by Crippen LogP contribution is -2.63. The quantitative estimate of drug-likeness (QED) is 0.674. The fraction of sp³-hybridized carbons (Fsp3) is 0.708. The summed E-state index contributed by atoms with van der Waals surface area (Å²) in [5, 5.41) is 3.40. The molecule has 188 valence electrons.